The third-order valence-electron chi connectivity index (χ3n) is 12.4. The number of phenolic OH excluding ortho intramolecular Hbond substituents is 1. The number of aliphatic hydroxyl groups is 1. The molecule has 3 aliphatic rings. The molecule has 2 fully saturated rings. The van der Waals surface area contributed by atoms with Crippen LogP contribution in [-0.4, -0.2) is 105 Å². The first kappa shape index (κ1) is 43.8. The fourth-order valence-electron chi connectivity index (χ4n) is 9.10. The number of fused-ring (bicyclic) bond motifs is 6. The van der Waals surface area contributed by atoms with Crippen LogP contribution in [0.25, 0.3) is 33.3 Å². The number of methoxy groups -OCH3 is 1. The molecular weight excluding hydrogens is 777 g/mol. The van der Waals surface area contributed by atoms with Gasteiger partial charge in [0, 0.05) is 61.7 Å². The second kappa shape index (κ2) is 17.6. The number of nitrogens with zero attached hydrogens (tertiary/aromatic N) is 4. The van der Waals surface area contributed by atoms with Gasteiger partial charge in [0.15, 0.2) is 0 Å². The standard InChI is InChI=1S/C47H60N6O8/c1-9-52-38-15-14-29-22-33(38)35(42(52)32-12-10-16-48-40(32)27(4)60-8)24-47(5,6)25-61-46(59)36-13-11-17-53(50-36)45(58)37(20-28-18-30(29)21-31(54)19-28)49-43(56)41(26(2)3)51(7)44(57)34-23-39(34)55/h10,12,14-16,18-19,21-22,26-27,34,36-37,39,41,50,54-55H,9,11,13,17,20,23-25H2,1-8H3,(H,49,56)/t27-,34-,36-,37-,39-,41?/m0/s1. The average Bonchev–Trinajstić information content (AvgIpc) is 3.90. The molecule has 4 aromatic rings. The molecule has 4 heterocycles. The molecule has 0 radical (unpaired) electrons. The molecule has 326 valence electrons. The lowest BCUT2D eigenvalue weighted by atomic mass is 9.84. The zero-order chi connectivity index (χ0) is 43.9. The first-order chi connectivity index (χ1) is 29.0. The summed E-state index contributed by atoms with van der Waals surface area (Å²) in [6, 6.07) is 12.6. The van der Waals surface area contributed by atoms with E-state index in [-0.39, 0.29) is 43.3 Å². The van der Waals surface area contributed by atoms with Crippen molar-refractivity contribution < 1.29 is 38.9 Å². The average molecular weight is 837 g/mol. The normalized spacial score (nSPS) is 22.6. The van der Waals surface area contributed by atoms with Gasteiger partial charge in [0.05, 0.1) is 36.1 Å². The predicted molar refractivity (Wildman–Crippen MR) is 231 cm³/mol. The third-order valence-corrected chi connectivity index (χ3v) is 12.4. The predicted octanol–water partition coefficient (Wildman–Crippen LogP) is 5.32. The Hall–Kier alpha value is -5.31. The van der Waals surface area contributed by atoms with E-state index in [9.17, 15) is 29.4 Å². The number of aryl methyl sites for hydroxylation is 1. The zero-order valence-corrected chi connectivity index (χ0v) is 36.5. The van der Waals surface area contributed by atoms with Crippen LogP contribution < -0.4 is 10.7 Å². The second-order valence-corrected chi connectivity index (χ2v) is 18.1. The summed E-state index contributed by atoms with van der Waals surface area (Å²) in [5, 5.41) is 26.6. The molecule has 2 aliphatic heterocycles. The molecule has 6 bridgehead atoms. The van der Waals surface area contributed by atoms with Crippen LogP contribution in [0.1, 0.15) is 83.7 Å². The summed E-state index contributed by atoms with van der Waals surface area (Å²) in [5.41, 5.74) is 9.56. The number of rotatable bonds is 9. The number of amides is 3. The van der Waals surface area contributed by atoms with Crippen LogP contribution in [0.4, 0.5) is 0 Å². The first-order valence-electron chi connectivity index (χ1n) is 21.5. The van der Waals surface area contributed by atoms with Gasteiger partial charge in [0.1, 0.15) is 23.9 Å². The van der Waals surface area contributed by atoms with Crippen molar-refractivity contribution in [1.82, 2.24) is 30.2 Å². The quantitative estimate of drug-likeness (QED) is 0.162. The highest BCUT2D eigenvalue weighted by Crippen LogP contribution is 2.42. The Bertz CT molecular complexity index is 2320. The number of carbonyl (C=O) groups is 4. The number of aliphatic hydroxyl groups excluding tert-OH is 1. The van der Waals surface area contributed by atoms with Gasteiger partial charge in [0.2, 0.25) is 11.8 Å². The molecule has 1 aliphatic carbocycles. The van der Waals surface area contributed by atoms with E-state index >= 15 is 0 Å². The number of cyclic esters (lactones) is 1. The minimum Gasteiger partial charge on any atom is -0.508 e. The number of pyridine rings is 1. The number of benzene rings is 2. The Labute approximate surface area is 357 Å². The van der Waals surface area contributed by atoms with Crippen LogP contribution >= 0.6 is 0 Å². The van der Waals surface area contributed by atoms with Gasteiger partial charge in [-0.05, 0) is 104 Å². The largest absolute Gasteiger partial charge is 0.508 e. The molecular formula is C47H60N6O8. The summed E-state index contributed by atoms with van der Waals surface area (Å²) in [4.78, 5) is 62.0. The van der Waals surface area contributed by atoms with Crippen molar-refractivity contribution >= 4 is 34.6 Å². The number of esters is 1. The van der Waals surface area contributed by atoms with Crippen LogP contribution in [0.3, 0.4) is 0 Å². The fraction of sp³-hybridized carbons (Fsp3) is 0.511. The Balaban J connectivity index is 1.35. The van der Waals surface area contributed by atoms with Crippen LogP contribution in [0.2, 0.25) is 0 Å². The second-order valence-electron chi connectivity index (χ2n) is 18.1. The number of ether oxygens (including phenoxy) is 2. The topological polar surface area (TPSA) is 176 Å². The number of likely N-dealkylation sites (N-methyl/N-ethyl adjacent to an activating group) is 1. The van der Waals surface area contributed by atoms with E-state index in [2.05, 4.69) is 54.3 Å². The van der Waals surface area contributed by atoms with Crippen LogP contribution in [0.15, 0.2) is 54.7 Å². The van der Waals surface area contributed by atoms with Crippen molar-refractivity contribution in [3.05, 3.63) is 71.5 Å². The molecule has 2 aromatic heterocycles. The molecule has 2 aromatic carbocycles. The van der Waals surface area contributed by atoms with Gasteiger partial charge in [-0.2, -0.15) is 0 Å². The third kappa shape index (κ3) is 9.03. The lowest BCUT2D eigenvalue weighted by Crippen LogP contribution is -2.62. The summed E-state index contributed by atoms with van der Waals surface area (Å²) >= 11 is 0. The van der Waals surface area contributed by atoms with E-state index in [4.69, 9.17) is 14.5 Å². The van der Waals surface area contributed by atoms with E-state index in [1.165, 1.54) is 9.91 Å². The smallest absolute Gasteiger partial charge is 0.324 e. The fourth-order valence-corrected chi connectivity index (χ4v) is 9.10. The highest BCUT2D eigenvalue weighted by molar-refractivity contribution is 5.96. The van der Waals surface area contributed by atoms with Crippen molar-refractivity contribution in [2.75, 3.05) is 27.3 Å². The molecule has 0 spiro atoms. The van der Waals surface area contributed by atoms with Gasteiger partial charge in [-0.25, -0.2) is 5.43 Å². The molecule has 14 nitrogen and oxygen atoms in total. The molecule has 7 rings (SSSR count). The maximum Gasteiger partial charge on any atom is 0.324 e. The van der Waals surface area contributed by atoms with Crippen LogP contribution in [0.5, 0.6) is 5.75 Å². The Morgan fingerprint density at radius 2 is 1.87 bits per heavy atom. The van der Waals surface area contributed by atoms with Gasteiger partial charge in [-0.1, -0.05) is 39.8 Å². The number of aromatic hydroxyl groups is 1. The number of hydrazine groups is 1. The minimum atomic E-state index is -1.14. The van der Waals surface area contributed by atoms with Gasteiger partial charge in [0.25, 0.3) is 5.91 Å². The highest BCUT2D eigenvalue weighted by Gasteiger charge is 2.46. The summed E-state index contributed by atoms with van der Waals surface area (Å²) in [6.07, 6.45) is 2.62. The Morgan fingerprint density at radius 3 is 2.56 bits per heavy atom. The minimum absolute atomic E-state index is 0.00257. The van der Waals surface area contributed by atoms with Gasteiger partial charge < -0.3 is 34.5 Å². The van der Waals surface area contributed by atoms with Crippen molar-refractivity contribution in [3.63, 3.8) is 0 Å². The van der Waals surface area contributed by atoms with Crippen molar-refractivity contribution in [3.8, 4) is 28.1 Å². The number of hydrogen-bond acceptors (Lipinski definition) is 10. The van der Waals surface area contributed by atoms with E-state index < -0.39 is 53.3 Å². The molecule has 1 saturated heterocycles. The van der Waals surface area contributed by atoms with Gasteiger partial charge >= 0.3 is 5.97 Å². The van der Waals surface area contributed by atoms with Crippen molar-refractivity contribution in [2.24, 2.45) is 17.3 Å². The van der Waals surface area contributed by atoms with Crippen molar-refractivity contribution in [1.29, 1.82) is 0 Å². The molecule has 61 heavy (non-hydrogen) atoms. The molecule has 4 N–H and O–H groups in total. The summed E-state index contributed by atoms with van der Waals surface area (Å²) in [6.45, 7) is 13.0. The number of hydrogen-bond donors (Lipinski definition) is 4. The van der Waals surface area contributed by atoms with E-state index in [0.29, 0.717) is 37.8 Å². The number of nitrogens with one attached hydrogen (secondary N) is 2. The number of phenols is 1. The lowest BCUT2D eigenvalue weighted by molar-refractivity contribution is -0.155. The number of aromatic nitrogens is 2. The van der Waals surface area contributed by atoms with Crippen LogP contribution in [-0.2, 0) is 48.0 Å². The van der Waals surface area contributed by atoms with Gasteiger partial charge in [-0.3, -0.25) is 29.2 Å². The zero-order valence-electron chi connectivity index (χ0n) is 36.5. The maximum absolute atomic E-state index is 14.5. The summed E-state index contributed by atoms with van der Waals surface area (Å²) in [7, 11) is 3.22. The summed E-state index contributed by atoms with van der Waals surface area (Å²) in [5.74, 6) is -2.69. The molecule has 14 heteroatoms. The van der Waals surface area contributed by atoms with E-state index in [1.54, 1.807) is 32.5 Å². The summed E-state index contributed by atoms with van der Waals surface area (Å²) < 4.78 is 14.2. The molecule has 3 amide bonds. The Morgan fingerprint density at radius 1 is 1.11 bits per heavy atom. The van der Waals surface area contributed by atoms with E-state index in [1.807, 2.05) is 39.0 Å². The highest BCUT2D eigenvalue weighted by atomic mass is 16.5. The van der Waals surface area contributed by atoms with Crippen molar-refractivity contribution in [2.45, 2.75) is 111 Å². The Kier molecular flexibility index (Phi) is 12.6. The molecule has 1 unspecified atom stereocenters. The molecule has 1 saturated carbocycles. The number of carbonyl (C=O) groups excluding carboxylic acids is 4. The van der Waals surface area contributed by atoms with Crippen LogP contribution in [0, 0.1) is 17.3 Å². The van der Waals surface area contributed by atoms with E-state index in [0.717, 1.165) is 44.5 Å². The monoisotopic (exact) mass is 836 g/mol. The van der Waals surface area contributed by atoms with Gasteiger partial charge in [-0.15, -0.1) is 0 Å². The SMILES string of the molecule is CCn1c(-c2cccnc2[C@H](C)OC)c2c3cc(ccc31)-c1cc(O)cc(c1)C[C@H](NC(=O)C(C(C)C)N(C)C(=O)[C@H]1C[C@@H]1O)C(=O)N1CCC[C@H](N1)C(=O)OCC(C)(C)C2. The molecule has 6 atom stereocenters. The maximum atomic E-state index is 14.5. The first-order valence-corrected chi connectivity index (χ1v) is 21.5. The lowest BCUT2D eigenvalue weighted by Gasteiger charge is -2.36.